The SMILES string of the molecule is CC(=O)OC[C@H]1O[C@@H](NS(=O)(=O)[C@@H]2O[C@H](COC(C)=O)[C@@H](O[C@H]3O[C@H](COC(C)=O)[C@@H](OC(C)=O)[C@H](OC(C)=O)[C@H]3OC(C)=O)[C@H](OC(C)=O)[C@H]2OC(C)=O)[C@H](OC(C)=O)[C@@H](OC(C)=O)[C@@H]1O[C@H]1O[C@H](COC(C)=O)[C@@H](OC(C)=O)[C@H](OC(C)=O)[C@H]1OC(C)=O. The summed E-state index contributed by atoms with van der Waals surface area (Å²) in [5.74, 6) is -15.4. The Bertz CT molecular complexity index is 2790. The van der Waals surface area contributed by atoms with E-state index in [1.165, 1.54) is 0 Å². The summed E-state index contributed by atoms with van der Waals surface area (Å²) in [6.45, 7) is 8.76. The van der Waals surface area contributed by atoms with E-state index in [1.807, 2.05) is 0 Å². The van der Waals surface area contributed by atoms with Crippen LogP contribution in [0.5, 0.6) is 0 Å². The van der Waals surface area contributed by atoms with Gasteiger partial charge in [0.2, 0.25) is 15.5 Å². The molecule has 0 unspecified atom stereocenters. The molecule has 0 saturated carbocycles. The Kier molecular flexibility index (Phi) is 27.7. The number of hydrogen-bond donors (Lipinski definition) is 1. The second kappa shape index (κ2) is 33.4. The number of carbonyl (C=O) groups is 14. The quantitative estimate of drug-likeness (QED) is 0.0710. The fraction of sp³-hybridized carbons (Fsp3) is 0.731. The maximum atomic E-state index is 15.4. The van der Waals surface area contributed by atoms with Gasteiger partial charge in [-0.3, -0.25) is 67.1 Å². The van der Waals surface area contributed by atoms with E-state index in [9.17, 15) is 67.1 Å². The standard InChI is InChI=1S/C52H71NO36S/c1-19(54)70-15-33-39(88-50-46(81-30(12)65)42(77-26(8)61)37(74-23(5)58)34(85-50)16-71-20(2)55)41(76-25(7)60)45(80-29(11)64)49(84-33)53-90(68,69)52-48(83-32(14)67)44(79-28(10)63)40(36(87-52)18-73-22(4)57)89-51-47(82-31(13)66)43(78-27(9)62)38(75-24(6)59)35(86-51)17-72-21(3)56/h33-53H,15-18H2,1-14H3/t33-,34-,35-,36-,37-,38-,39-,40-,41+,42+,43+,44+,45-,46-,47-,48-,49-,50-,51-,52+/m1/s1. The minimum Gasteiger partial charge on any atom is -0.463 e. The largest absolute Gasteiger partial charge is 0.463 e. The minimum atomic E-state index is -5.68. The Morgan fingerprint density at radius 1 is 0.278 bits per heavy atom. The van der Waals surface area contributed by atoms with E-state index in [2.05, 4.69) is 4.72 Å². The Morgan fingerprint density at radius 3 is 0.811 bits per heavy atom. The maximum Gasteiger partial charge on any atom is 0.303 e. The summed E-state index contributed by atoms with van der Waals surface area (Å²) in [7, 11) is -5.68. The highest BCUT2D eigenvalue weighted by atomic mass is 32.2. The van der Waals surface area contributed by atoms with Gasteiger partial charge in [-0.15, -0.1) is 0 Å². The molecule has 4 heterocycles. The van der Waals surface area contributed by atoms with Gasteiger partial charge < -0.3 is 94.7 Å². The lowest BCUT2D eigenvalue weighted by molar-refractivity contribution is -0.345. The molecule has 4 aliphatic heterocycles. The normalized spacial score (nSPS) is 31.4. The van der Waals surface area contributed by atoms with Gasteiger partial charge in [-0.2, -0.15) is 4.72 Å². The highest BCUT2D eigenvalue weighted by Crippen LogP contribution is 2.39. The van der Waals surface area contributed by atoms with E-state index in [0.29, 0.717) is 0 Å². The first-order valence-electron chi connectivity index (χ1n) is 27.1. The average molecular weight is 1320 g/mol. The molecule has 4 rings (SSSR count). The molecule has 38 heteroatoms. The maximum absolute atomic E-state index is 15.4. The highest BCUT2D eigenvalue weighted by molar-refractivity contribution is 7.90. The third-order valence-corrected chi connectivity index (χ3v) is 14.0. The number of hydrogen-bond acceptors (Lipinski definition) is 36. The monoisotopic (exact) mass is 1320 g/mol. The molecule has 0 spiro atoms. The first-order chi connectivity index (χ1) is 41.9. The van der Waals surface area contributed by atoms with Gasteiger partial charge >= 0.3 is 83.6 Å². The van der Waals surface area contributed by atoms with E-state index in [1.54, 1.807) is 0 Å². The molecule has 20 atom stereocenters. The molecule has 1 N–H and O–H groups in total. The van der Waals surface area contributed by atoms with Gasteiger partial charge in [-0.25, -0.2) is 8.42 Å². The summed E-state index contributed by atoms with van der Waals surface area (Å²) in [6, 6.07) is 0. The van der Waals surface area contributed by atoms with E-state index in [4.69, 9.17) is 94.7 Å². The van der Waals surface area contributed by atoms with Crippen LogP contribution in [0.3, 0.4) is 0 Å². The first-order valence-corrected chi connectivity index (χ1v) is 28.6. The third kappa shape index (κ3) is 22.0. The van der Waals surface area contributed by atoms with E-state index >= 15 is 8.42 Å². The van der Waals surface area contributed by atoms with Crippen LogP contribution in [0.15, 0.2) is 0 Å². The second-order valence-electron chi connectivity index (χ2n) is 20.0. The molecule has 0 bridgehead atoms. The minimum absolute atomic E-state index is 0.762. The molecule has 0 radical (unpaired) electrons. The van der Waals surface area contributed by atoms with Gasteiger partial charge in [-0.1, -0.05) is 0 Å². The molecule has 4 fully saturated rings. The molecule has 37 nitrogen and oxygen atoms in total. The van der Waals surface area contributed by atoms with Crippen molar-refractivity contribution < 1.29 is 170 Å². The Labute approximate surface area is 512 Å². The van der Waals surface area contributed by atoms with Gasteiger partial charge in [0.05, 0.1) is 0 Å². The molecular formula is C52H71NO36S. The Balaban J connectivity index is 1.97. The van der Waals surface area contributed by atoms with Crippen LogP contribution in [0.2, 0.25) is 0 Å². The van der Waals surface area contributed by atoms with Crippen molar-refractivity contribution in [2.75, 3.05) is 26.4 Å². The van der Waals surface area contributed by atoms with Crippen LogP contribution in [0.4, 0.5) is 0 Å². The number of rotatable bonds is 25. The van der Waals surface area contributed by atoms with Crippen LogP contribution in [0, 0.1) is 0 Å². The second-order valence-corrected chi connectivity index (χ2v) is 21.8. The number of esters is 14. The van der Waals surface area contributed by atoms with Crippen LogP contribution >= 0.6 is 0 Å². The number of carbonyl (C=O) groups excluding carboxylic acids is 14. The molecule has 90 heavy (non-hydrogen) atoms. The van der Waals surface area contributed by atoms with Crippen molar-refractivity contribution in [3.63, 3.8) is 0 Å². The van der Waals surface area contributed by atoms with Crippen molar-refractivity contribution in [1.29, 1.82) is 0 Å². The lowest BCUT2D eigenvalue weighted by Crippen LogP contribution is -2.71. The van der Waals surface area contributed by atoms with Gasteiger partial charge in [0.1, 0.15) is 63.1 Å². The number of nitrogens with one attached hydrogen (secondary N) is 1. The van der Waals surface area contributed by atoms with E-state index in [-0.39, 0.29) is 0 Å². The van der Waals surface area contributed by atoms with Crippen molar-refractivity contribution in [2.45, 2.75) is 219 Å². The lowest BCUT2D eigenvalue weighted by atomic mass is 9.95. The average Bonchev–Trinajstić information content (AvgIpc) is 0.802. The highest BCUT2D eigenvalue weighted by Gasteiger charge is 2.62. The Morgan fingerprint density at radius 2 is 0.511 bits per heavy atom. The topological polar surface area (TPSA) is 470 Å². The van der Waals surface area contributed by atoms with Crippen LogP contribution in [-0.2, 0) is 172 Å². The summed E-state index contributed by atoms with van der Waals surface area (Å²) in [5, 5.41) is 0. The van der Waals surface area contributed by atoms with Crippen LogP contribution in [0.25, 0.3) is 0 Å². The Hall–Kier alpha value is -7.75. The van der Waals surface area contributed by atoms with Crippen molar-refractivity contribution in [3.05, 3.63) is 0 Å². The van der Waals surface area contributed by atoms with Gasteiger partial charge in [0.15, 0.2) is 79.8 Å². The molecule has 0 aliphatic carbocycles. The third-order valence-electron chi connectivity index (χ3n) is 12.4. The molecule has 0 aromatic rings. The zero-order valence-electron chi connectivity index (χ0n) is 51.0. The molecule has 506 valence electrons. The van der Waals surface area contributed by atoms with Crippen molar-refractivity contribution >= 4 is 93.6 Å². The van der Waals surface area contributed by atoms with Gasteiger partial charge in [0, 0.05) is 96.9 Å². The predicted octanol–water partition coefficient (Wildman–Crippen LogP) is -2.85. The van der Waals surface area contributed by atoms with Crippen molar-refractivity contribution in [2.24, 2.45) is 0 Å². The van der Waals surface area contributed by atoms with Gasteiger partial charge in [-0.05, 0) is 0 Å². The van der Waals surface area contributed by atoms with E-state index < -0.39 is 242 Å². The fourth-order valence-electron chi connectivity index (χ4n) is 9.56. The zero-order valence-corrected chi connectivity index (χ0v) is 51.8. The molecular weight excluding hydrogens is 1250 g/mol. The summed E-state index contributed by atoms with van der Waals surface area (Å²) >= 11 is 0. The smallest absolute Gasteiger partial charge is 0.303 e. The molecule has 0 aromatic carbocycles. The van der Waals surface area contributed by atoms with Crippen molar-refractivity contribution in [1.82, 2.24) is 4.72 Å². The van der Waals surface area contributed by atoms with Crippen LogP contribution in [0.1, 0.15) is 96.9 Å². The molecule has 0 amide bonds. The zero-order chi connectivity index (χ0) is 67.8. The summed E-state index contributed by atoms with van der Waals surface area (Å²) < 4.78 is 146. The molecule has 4 aliphatic rings. The fourth-order valence-corrected chi connectivity index (χ4v) is 11.1. The summed E-state index contributed by atoms with van der Waals surface area (Å²) in [6.07, 6.45) is -39.1. The summed E-state index contributed by atoms with van der Waals surface area (Å²) in [4.78, 5) is 178. The summed E-state index contributed by atoms with van der Waals surface area (Å²) in [5.41, 5.74) is -2.76. The van der Waals surface area contributed by atoms with Crippen LogP contribution < -0.4 is 4.72 Å². The molecule has 4 saturated heterocycles. The van der Waals surface area contributed by atoms with E-state index in [0.717, 1.165) is 96.9 Å². The lowest BCUT2D eigenvalue weighted by Gasteiger charge is -2.49. The van der Waals surface area contributed by atoms with Gasteiger partial charge in [0.25, 0.3) is 0 Å². The number of sulfonamides is 1. The number of ether oxygens (including phenoxy) is 20. The van der Waals surface area contributed by atoms with Crippen molar-refractivity contribution in [3.8, 4) is 0 Å². The molecule has 0 aromatic heterocycles. The van der Waals surface area contributed by atoms with Crippen LogP contribution in [-0.4, -0.2) is 240 Å². The predicted molar refractivity (Wildman–Crippen MR) is 279 cm³/mol. The first kappa shape index (κ1) is 74.7.